The Balaban J connectivity index is 1.45. The molecule has 1 amide bonds. The van der Waals surface area contributed by atoms with Gasteiger partial charge in [0.05, 0.1) is 13.7 Å². The summed E-state index contributed by atoms with van der Waals surface area (Å²) >= 11 is 0. The van der Waals surface area contributed by atoms with Gasteiger partial charge in [-0.15, -0.1) is 0 Å². The monoisotopic (exact) mass is 345 g/mol. The molecule has 138 valence electrons. The van der Waals surface area contributed by atoms with Crippen LogP contribution in [0, 0.1) is 0 Å². The molecule has 1 saturated heterocycles. The van der Waals surface area contributed by atoms with Crippen molar-refractivity contribution in [2.24, 2.45) is 0 Å². The van der Waals surface area contributed by atoms with Gasteiger partial charge in [-0.3, -0.25) is 14.6 Å². The molecule has 0 N–H and O–H groups in total. The number of likely N-dealkylation sites (N-methyl/N-ethyl adjacent to an activating group) is 1. The highest BCUT2D eigenvalue weighted by Gasteiger charge is 2.27. The van der Waals surface area contributed by atoms with Crippen LogP contribution in [-0.2, 0) is 11.3 Å². The SMILES string of the molecule is COc1ccccc1CN(C)C(=O)CN1CCN(C2CCCC2)CC1. The number of carbonyl (C=O) groups excluding carboxylic acids is 1. The molecule has 0 unspecified atom stereocenters. The van der Waals surface area contributed by atoms with E-state index in [1.54, 1.807) is 12.0 Å². The molecule has 1 aromatic carbocycles. The molecule has 1 saturated carbocycles. The van der Waals surface area contributed by atoms with Gasteiger partial charge >= 0.3 is 0 Å². The minimum Gasteiger partial charge on any atom is -0.496 e. The number of carbonyl (C=O) groups is 1. The van der Waals surface area contributed by atoms with Crippen molar-refractivity contribution >= 4 is 5.91 Å². The van der Waals surface area contributed by atoms with E-state index in [4.69, 9.17) is 4.74 Å². The molecule has 25 heavy (non-hydrogen) atoms. The first-order valence-corrected chi connectivity index (χ1v) is 9.49. The first-order chi connectivity index (χ1) is 12.2. The van der Waals surface area contributed by atoms with Gasteiger partial charge in [0.25, 0.3) is 0 Å². The molecule has 1 heterocycles. The Morgan fingerprint density at radius 3 is 2.52 bits per heavy atom. The first-order valence-electron chi connectivity index (χ1n) is 9.49. The van der Waals surface area contributed by atoms with Crippen molar-refractivity contribution in [2.75, 3.05) is 46.9 Å². The number of hydrogen-bond donors (Lipinski definition) is 0. The van der Waals surface area contributed by atoms with E-state index in [0.717, 1.165) is 43.5 Å². The van der Waals surface area contributed by atoms with Crippen LogP contribution in [0.2, 0.25) is 0 Å². The average Bonchev–Trinajstić information content (AvgIpc) is 3.17. The molecule has 1 aromatic rings. The van der Waals surface area contributed by atoms with Crippen molar-refractivity contribution in [3.05, 3.63) is 29.8 Å². The molecule has 1 aliphatic carbocycles. The van der Waals surface area contributed by atoms with Gasteiger partial charge in [-0.05, 0) is 18.9 Å². The summed E-state index contributed by atoms with van der Waals surface area (Å²) in [6.07, 6.45) is 5.50. The largest absolute Gasteiger partial charge is 0.496 e. The van der Waals surface area contributed by atoms with Crippen molar-refractivity contribution in [3.63, 3.8) is 0 Å². The van der Waals surface area contributed by atoms with E-state index < -0.39 is 0 Å². The van der Waals surface area contributed by atoms with Crippen molar-refractivity contribution in [1.82, 2.24) is 14.7 Å². The minimum absolute atomic E-state index is 0.181. The summed E-state index contributed by atoms with van der Waals surface area (Å²) < 4.78 is 5.38. The van der Waals surface area contributed by atoms with Crippen LogP contribution in [-0.4, -0.2) is 73.5 Å². The molecule has 5 nitrogen and oxygen atoms in total. The number of piperazine rings is 1. The van der Waals surface area contributed by atoms with Crippen LogP contribution in [0.15, 0.2) is 24.3 Å². The van der Waals surface area contributed by atoms with Crippen LogP contribution >= 0.6 is 0 Å². The fourth-order valence-electron chi connectivity index (χ4n) is 4.05. The topological polar surface area (TPSA) is 36.0 Å². The summed E-state index contributed by atoms with van der Waals surface area (Å²) in [5.74, 6) is 1.02. The maximum atomic E-state index is 12.6. The van der Waals surface area contributed by atoms with E-state index in [1.807, 2.05) is 31.3 Å². The van der Waals surface area contributed by atoms with Gasteiger partial charge in [0.1, 0.15) is 5.75 Å². The second-order valence-corrected chi connectivity index (χ2v) is 7.31. The molecule has 2 aliphatic rings. The summed E-state index contributed by atoms with van der Waals surface area (Å²) in [5, 5.41) is 0. The standard InChI is InChI=1S/C20H31N3O2/c1-21(15-17-7-3-6-10-19(17)25-2)20(24)16-22-11-13-23(14-12-22)18-8-4-5-9-18/h3,6-7,10,18H,4-5,8-9,11-16H2,1-2H3. The second-order valence-electron chi connectivity index (χ2n) is 7.31. The molecule has 1 aliphatic heterocycles. The third kappa shape index (κ3) is 4.73. The number of rotatable bonds is 6. The van der Waals surface area contributed by atoms with E-state index in [2.05, 4.69) is 9.80 Å². The van der Waals surface area contributed by atoms with Crippen molar-refractivity contribution < 1.29 is 9.53 Å². The number of nitrogens with zero attached hydrogens (tertiary/aromatic N) is 3. The summed E-state index contributed by atoms with van der Waals surface area (Å²) in [6, 6.07) is 8.69. The Labute approximate surface area is 151 Å². The smallest absolute Gasteiger partial charge is 0.236 e. The third-order valence-electron chi connectivity index (χ3n) is 5.63. The predicted molar refractivity (Wildman–Crippen MR) is 99.7 cm³/mol. The molecule has 0 bridgehead atoms. The maximum Gasteiger partial charge on any atom is 0.236 e. The zero-order valence-electron chi connectivity index (χ0n) is 15.6. The fourth-order valence-corrected chi connectivity index (χ4v) is 4.05. The van der Waals surface area contributed by atoms with Crippen LogP contribution in [0.25, 0.3) is 0 Å². The lowest BCUT2D eigenvalue weighted by Gasteiger charge is -2.38. The number of hydrogen-bond acceptors (Lipinski definition) is 4. The number of ether oxygens (including phenoxy) is 1. The Kier molecular flexibility index (Phi) is 6.32. The van der Waals surface area contributed by atoms with Crippen LogP contribution in [0.1, 0.15) is 31.2 Å². The van der Waals surface area contributed by atoms with E-state index in [0.29, 0.717) is 13.1 Å². The van der Waals surface area contributed by atoms with Gasteiger partial charge in [0.15, 0.2) is 0 Å². The highest BCUT2D eigenvalue weighted by Crippen LogP contribution is 2.24. The molecule has 2 fully saturated rings. The zero-order valence-corrected chi connectivity index (χ0v) is 15.6. The summed E-state index contributed by atoms with van der Waals surface area (Å²) in [4.78, 5) is 19.3. The lowest BCUT2D eigenvalue weighted by Crippen LogP contribution is -2.51. The molecule has 3 rings (SSSR count). The van der Waals surface area contributed by atoms with E-state index in [9.17, 15) is 4.79 Å². The van der Waals surface area contributed by atoms with E-state index >= 15 is 0 Å². The second kappa shape index (κ2) is 8.68. The van der Waals surface area contributed by atoms with Gasteiger partial charge in [-0.1, -0.05) is 31.0 Å². The molecule has 5 heteroatoms. The van der Waals surface area contributed by atoms with Crippen molar-refractivity contribution in [1.29, 1.82) is 0 Å². The van der Waals surface area contributed by atoms with Gasteiger partial charge in [0.2, 0.25) is 5.91 Å². The molecule has 0 aromatic heterocycles. The summed E-state index contributed by atoms with van der Waals surface area (Å²) in [6.45, 7) is 5.33. The Bertz CT molecular complexity index is 564. The quantitative estimate of drug-likeness (QED) is 0.792. The number of benzene rings is 1. The minimum atomic E-state index is 0.181. The molecule has 0 atom stereocenters. The maximum absolute atomic E-state index is 12.6. The highest BCUT2D eigenvalue weighted by atomic mass is 16.5. The first kappa shape index (κ1) is 18.2. The van der Waals surface area contributed by atoms with Crippen molar-refractivity contribution in [2.45, 2.75) is 38.3 Å². The van der Waals surface area contributed by atoms with E-state index in [1.165, 1.54) is 25.7 Å². The number of para-hydroxylation sites is 1. The Morgan fingerprint density at radius 1 is 1.16 bits per heavy atom. The summed E-state index contributed by atoms with van der Waals surface area (Å²) in [5.41, 5.74) is 1.05. The molecular formula is C20H31N3O2. The molecule has 0 spiro atoms. The predicted octanol–water partition coefficient (Wildman–Crippen LogP) is 2.21. The van der Waals surface area contributed by atoms with Crippen LogP contribution < -0.4 is 4.74 Å². The average molecular weight is 345 g/mol. The van der Waals surface area contributed by atoms with Crippen molar-refractivity contribution in [3.8, 4) is 5.75 Å². The van der Waals surface area contributed by atoms with Gasteiger partial charge in [-0.25, -0.2) is 0 Å². The fraction of sp³-hybridized carbons (Fsp3) is 0.650. The van der Waals surface area contributed by atoms with Crippen LogP contribution in [0.4, 0.5) is 0 Å². The van der Waals surface area contributed by atoms with Gasteiger partial charge in [0, 0.05) is 51.4 Å². The lowest BCUT2D eigenvalue weighted by molar-refractivity contribution is -0.132. The highest BCUT2D eigenvalue weighted by molar-refractivity contribution is 5.78. The number of methoxy groups -OCH3 is 1. The van der Waals surface area contributed by atoms with Gasteiger partial charge in [-0.2, -0.15) is 0 Å². The Morgan fingerprint density at radius 2 is 1.84 bits per heavy atom. The van der Waals surface area contributed by atoms with E-state index in [-0.39, 0.29) is 5.91 Å². The van der Waals surface area contributed by atoms with Gasteiger partial charge < -0.3 is 9.64 Å². The van der Waals surface area contributed by atoms with Crippen LogP contribution in [0.3, 0.4) is 0 Å². The third-order valence-corrected chi connectivity index (χ3v) is 5.63. The molecular weight excluding hydrogens is 314 g/mol. The zero-order chi connectivity index (χ0) is 17.6. The van der Waals surface area contributed by atoms with Crippen LogP contribution in [0.5, 0.6) is 5.75 Å². The normalized spacial score (nSPS) is 19.9. The molecule has 0 radical (unpaired) electrons. The number of amides is 1. The Hall–Kier alpha value is -1.59. The summed E-state index contributed by atoms with van der Waals surface area (Å²) in [7, 11) is 3.55. The lowest BCUT2D eigenvalue weighted by atomic mass is 10.1.